The lowest BCUT2D eigenvalue weighted by molar-refractivity contribution is 0.0499. The van der Waals surface area contributed by atoms with Gasteiger partial charge in [0.2, 0.25) is 0 Å². The summed E-state index contributed by atoms with van der Waals surface area (Å²) in [6, 6.07) is 17.6. The van der Waals surface area contributed by atoms with Crippen molar-refractivity contribution in [1.82, 2.24) is 4.98 Å². The normalized spacial score (nSPS) is 11.1. The predicted molar refractivity (Wildman–Crippen MR) is 135 cm³/mol. The lowest BCUT2D eigenvalue weighted by Crippen LogP contribution is -2.09. The maximum Gasteiger partial charge on any atom is 0.340 e. The molecule has 0 saturated carbocycles. The summed E-state index contributed by atoms with van der Waals surface area (Å²) in [5, 5.41) is 15.4. The molecule has 0 unspecified atom stereocenters. The van der Waals surface area contributed by atoms with E-state index in [1.54, 1.807) is 24.4 Å². The van der Waals surface area contributed by atoms with Gasteiger partial charge in [-0.2, -0.15) is 5.26 Å². The second kappa shape index (κ2) is 12.6. The van der Waals surface area contributed by atoms with Crippen molar-refractivity contribution < 1.29 is 9.53 Å². The zero-order valence-corrected chi connectivity index (χ0v) is 20.0. The number of nitrogens with zero attached hydrogens (tertiary/aromatic N) is 2. The van der Waals surface area contributed by atoms with Gasteiger partial charge in [-0.15, -0.1) is 11.3 Å². The third-order valence-corrected chi connectivity index (χ3v) is 6.14. The highest BCUT2D eigenvalue weighted by molar-refractivity contribution is 7.11. The SMILES string of the molecule is CCCCCCOC(=O)c1ccccc1NC=C(C#N)c1nc(-c2ccc(CC)cc2)cs1. The molecule has 0 radical (unpaired) electrons. The monoisotopic (exact) mass is 459 g/mol. The van der Waals surface area contributed by atoms with Gasteiger partial charge in [-0.3, -0.25) is 0 Å². The van der Waals surface area contributed by atoms with Crippen molar-refractivity contribution in [1.29, 1.82) is 5.26 Å². The van der Waals surface area contributed by atoms with Crippen molar-refractivity contribution in [2.75, 3.05) is 11.9 Å². The molecule has 3 rings (SSSR count). The standard InChI is InChI=1S/C27H29N3O2S/c1-3-5-6-9-16-32-27(31)23-10-7-8-11-24(23)29-18-22(17-28)26-30-25(19-33-26)21-14-12-20(4-2)13-15-21/h7-8,10-15,18-19,29H,3-6,9,16H2,1-2H3. The van der Waals surface area contributed by atoms with E-state index in [0.29, 0.717) is 28.4 Å². The van der Waals surface area contributed by atoms with Crippen LogP contribution in [0.25, 0.3) is 16.8 Å². The molecule has 6 heteroatoms. The predicted octanol–water partition coefficient (Wildman–Crippen LogP) is 7.09. The number of hydrogen-bond acceptors (Lipinski definition) is 6. The first-order valence-electron chi connectivity index (χ1n) is 11.3. The summed E-state index contributed by atoms with van der Waals surface area (Å²) in [4.78, 5) is 17.2. The molecule has 1 heterocycles. The molecule has 33 heavy (non-hydrogen) atoms. The molecular weight excluding hydrogens is 430 g/mol. The highest BCUT2D eigenvalue weighted by Crippen LogP contribution is 2.27. The van der Waals surface area contributed by atoms with E-state index in [1.165, 1.54) is 16.9 Å². The van der Waals surface area contributed by atoms with Crippen LogP contribution in [0.2, 0.25) is 0 Å². The second-order valence-corrected chi connectivity index (χ2v) is 8.50. The molecule has 0 aliphatic heterocycles. The zero-order chi connectivity index (χ0) is 23.5. The van der Waals surface area contributed by atoms with Gasteiger partial charge < -0.3 is 10.1 Å². The van der Waals surface area contributed by atoms with Gasteiger partial charge in [0, 0.05) is 17.1 Å². The first kappa shape index (κ1) is 24.2. The summed E-state index contributed by atoms with van der Waals surface area (Å²) in [6.07, 6.45) is 6.78. The Morgan fingerprint density at radius 3 is 2.64 bits per heavy atom. The number of ether oxygens (including phenoxy) is 1. The summed E-state index contributed by atoms with van der Waals surface area (Å²) in [7, 11) is 0. The summed E-state index contributed by atoms with van der Waals surface area (Å²) in [5.74, 6) is -0.367. The van der Waals surface area contributed by atoms with E-state index in [4.69, 9.17) is 4.74 Å². The number of nitrogens with one attached hydrogen (secondary N) is 1. The Balaban J connectivity index is 1.70. The van der Waals surface area contributed by atoms with Crippen LogP contribution in [-0.2, 0) is 11.2 Å². The average Bonchev–Trinajstić information content (AvgIpc) is 3.34. The van der Waals surface area contributed by atoms with Gasteiger partial charge in [-0.05, 0) is 30.5 Å². The molecule has 1 N–H and O–H groups in total. The molecule has 0 aliphatic carbocycles. The Labute approximate surface area is 199 Å². The van der Waals surface area contributed by atoms with Crippen molar-refractivity contribution in [2.45, 2.75) is 46.0 Å². The van der Waals surface area contributed by atoms with Crippen molar-refractivity contribution >= 4 is 28.6 Å². The molecule has 5 nitrogen and oxygen atoms in total. The van der Waals surface area contributed by atoms with Crippen molar-refractivity contribution in [3.8, 4) is 17.3 Å². The number of hydrogen-bond donors (Lipinski definition) is 1. The molecule has 170 valence electrons. The lowest BCUT2D eigenvalue weighted by atomic mass is 10.1. The minimum Gasteiger partial charge on any atom is -0.462 e. The summed E-state index contributed by atoms with van der Waals surface area (Å²) in [6.45, 7) is 4.68. The van der Waals surface area contributed by atoms with Gasteiger partial charge in [-0.25, -0.2) is 9.78 Å². The second-order valence-electron chi connectivity index (χ2n) is 7.64. The van der Waals surface area contributed by atoms with Gasteiger partial charge in [0.15, 0.2) is 0 Å². The molecule has 0 aliphatic rings. The fourth-order valence-corrected chi connectivity index (χ4v) is 4.09. The Bertz CT molecular complexity index is 1130. The van der Waals surface area contributed by atoms with Crippen molar-refractivity contribution in [3.63, 3.8) is 0 Å². The maximum atomic E-state index is 12.5. The van der Waals surface area contributed by atoms with Gasteiger partial charge in [0.05, 0.1) is 23.6 Å². The molecule has 1 aromatic heterocycles. The van der Waals surface area contributed by atoms with Crippen molar-refractivity contribution in [2.24, 2.45) is 0 Å². The van der Waals surface area contributed by atoms with Crippen LogP contribution in [0, 0.1) is 11.3 Å². The third-order valence-electron chi connectivity index (χ3n) is 5.26. The van der Waals surface area contributed by atoms with Gasteiger partial charge in [0.1, 0.15) is 16.6 Å². The molecule has 3 aromatic rings. The van der Waals surface area contributed by atoms with Crippen LogP contribution in [0.3, 0.4) is 0 Å². The van der Waals surface area contributed by atoms with Gasteiger partial charge >= 0.3 is 5.97 Å². The Morgan fingerprint density at radius 1 is 1.12 bits per heavy atom. The first-order valence-corrected chi connectivity index (χ1v) is 12.2. The van der Waals surface area contributed by atoms with Crippen LogP contribution in [0.4, 0.5) is 5.69 Å². The summed E-state index contributed by atoms with van der Waals surface area (Å²) in [5.41, 5.74) is 4.57. The van der Waals surface area contributed by atoms with Crippen LogP contribution in [0.15, 0.2) is 60.1 Å². The topological polar surface area (TPSA) is 75.0 Å². The van der Waals surface area contributed by atoms with Crippen molar-refractivity contribution in [3.05, 3.63) is 76.2 Å². The van der Waals surface area contributed by atoms with E-state index in [-0.39, 0.29) is 5.97 Å². The zero-order valence-electron chi connectivity index (χ0n) is 19.1. The number of carbonyl (C=O) groups is 1. The van der Waals surface area contributed by atoms with Gasteiger partial charge in [0.25, 0.3) is 0 Å². The molecule has 0 atom stereocenters. The van der Waals surface area contributed by atoms with Crippen LogP contribution in [0.1, 0.15) is 60.5 Å². The number of benzene rings is 2. The molecule has 2 aromatic carbocycles. The van der Waals surface area contributed by atoms with Crippen LogP contribution in [0.5, 0.6) is 0 Å². The maximum absolute atomic E-state index is 12.5. The van der Waals surface area contributed by atoms with E-state index in [2.05, 4.69) is 54.5 Å². The number of unbranched alkanes of at least 4 members (excludes halogenated alkanes) is 3. The van der Waals surface area contributed by atoms with E-state index in [0.717, 1.165) is 43.4 Å². The fourth-order valence-electron chi connectivity index (χ4n) is 3.29. The average molecular weight is 460 g/mol. The highest BCUT2D eigenvalue weighted by atomic mass is 32.1. The number of aryl methyl sites for hydroxylation is 1. The highest BCUT2D eigenvalue weighted by Gasteiger charge is 2.13. The van der Waals surface area contributed by atoms with E-state index >= 15 is 0 Å². The smallest absolute Gasteiger partial charge is 0.340 e. The van der Waals surface area contributed by atoms with Crippen LogP contribution < -0.4 is 5.32 Å². The summed E-state index contributed by atoms with van der Waals surface area (Å²) >= 11 is 1.42. The number of allylic oxidation sites excluding steroid dienone is 1. The molecular formula is C27H29N3O2S. The quantitative estimate of drug-likeness (QED) is 0.188. The minimum absolute atomic E-state index is 0.367. The molecule has 0 amide bonds. The summed E-state index contributed by atoms with van der Waals surface area (Å²) < 4.78 is 5.43. The minimum atomic E-state index is -0.367. The molecule has 0 saturated heterocycles. The number of aromatic nitrogens is 1. The number of thiazole rings is 1. The fraction of sp³-hybridized carbons (Fsp3) is 0.296. The van der Waals surface area contributed by atoms with Crippen LogP contribution in [-0.4, -0.2) is 17.6 Å². The lowest BCUT2D eigenvalue weighted by Gasteiger charge is -2.09. The van der Waals surface area contributed by atoms with Gasteiger partial charge in [-0.1, -0.05) is 69.5 Å². The third kappa shape index (κ3) is 6.77. The van der Waals surface area contributed by atoms with E-state index in [9.17, 15) is 10.1 Å². The Kier molecular flexibility index (Phi) is 9.22. The first-order chi connectivity index (χ1) is 16.2. The molecule has 0 spiro atoms. The number of carbonyl (C=O) groups excluding carboxylic acids is 1. The molecule has 0 bridgehead atoms. The molecule has 0 fully saturated rings. The van der Waals surface area contributed by atoms with E-state index < -0.39 is 0 Å². The van der Waals surface area contributed by atoms with Crippen LogP contribution >= 0.6 is 11.3 Å². The van der Waals surface area contributed by atoms with E-state index in [1.807, 2.05) is 11.4 Å². The number of nitriles is 1. The number of para-hydroxylation sites is 1. The number of rotatable bonds is 11. The largest absolute Gasteiger partial charge is 0.462 e. The number of esters is 1. The number of anilines is 1. The Morgan fingerprint density at radius 2 is 1.91 bits per heavy atom. The Hall–Kier alpha value is -3.43.